The Bertz CT molecular complexity index is 527. The van der Waals surface area contributed by atoms with Gasteiger partial charge in [0.05, 0.1) is 23.9 Å². The van der Waals surface area contributed by atoms with Crippen molar-refractivity contribution in [2.24, 2.45) is 5.73 Å². The van der Waals surface area contributed by atoms with E-state index in [1.54, 1.807) is 6.07 Å². The number of benzene rings is 1. The molecule has 1 saturated carbocycles. The number of rotatable bonds is 3. The Morgan fingerprint density at radius 2 is 2.11 bits per heavy atom. The van der Waals surface area contributed by atoms with Crippen molar-refractivity contribution in [2.75, 3.05) is 12.4 Å². The summed E-state index contributed by atoms with van der Waals surface area (Å²) in [6.07, 6.45) is 2.23. The first kappa shape index (κ1) is 13.8. The molecule has 2 rings (SSSR count). The van der Waals surface area contributed by atoms with Crippen LogP contribution < -0.4 is 11.1 Å². The summed E-state index contributed by atoms with van der Waals surface area (Å²) in [5.41, 5.74) is 5.67. The Kier molecular flexibility index (Phi) is 3.78. The van der Waals surface area contributed by atoms with Gasteiger partial charge in [-0.15, -0.1) is 0 Å². The maximum absolute atomic E-state index is 12.1. The van der Waals surface area contributed by atoms with Gasteiger partial charge in [0.15, 0.2) is 0 Å². The Labute approximate surface area is 116 Å². The third-order valence-electron chi connectivity index (χ3n) is 3.33. The molecule has 0 aromatic heterocycles. The molecular weight excluding hydrogens is 268 g/mol. The van der Waals surface area contributed by atoms with Crippen molar-refractivity contribution in [1.82, 2.24) is 0 Å². The first-order valence-corrected chi connectivity index (χ1v) is 6.32. The second kappa shape index (κ2) is 5.19. The van der Waals surface area contributed by atoms with Crippen molar-refractivity contribution in [3.63, 3.8) is 0 Å². The average molecular weight is 283 g/mol. The van der Waals surface area contributed by atoms with Gasteiger partial charge in [-0.05, 0) is 37.5 Å². The summed E-state index contributed by atoms with van der Waals surface area (Å²) in [6, 6.07) is 4.58. The van der Waals surface area contributed by atoms with Crippen molar-refractivity contribution in [2.45, 2.75) is 24.8 Å². The first-order valence-electron chi connectivity index (χ1n) is 5.94. The SMILES string of the molecule is COC(=O)c1ccc(Cl)cc1NC(=O)C1(N)CCC1. The third-order valence-corrected chi connectivity index (χ3v) is 3.57. The van der Waals surface area contributed by atoms with Gasteiger partial charge in [0, 0.05) is 5.02 Å². The number of carbonyl (C=O) groups excluding carboxylic acids is 2. The lowest BCUT2D eigenvalue weighted by Gasteiger charge is -2.36. The van der Waals surface area contributed by atoms with Crippen LogP contribution in [0.15, 0.2) is 18.2 Å². The van der Waals surface area contributed by atoms with Crippen molar-refractivity contribution in [3.05, 3.63) is 28.8 Å². The molecule has 1 aliphatic carbocycles. The van der Waals surface area contributed by atoms with E-state index in [9.17, 15) is 9.59 Å². The second-order valence-electron chi connectivity index (χ2n) is 4.65. The van der Waals surface area contributed by atoms with E-state index in [0.717, 1.165) is 6.42 Å². The summed E-state index contributed by atoms with van der Waals surface area (Å²) < 4.78 is 4.66. The van der Waals surface area contributed by atoms with Crippen molar-refractivity contribution in [3.8, 4) is 0 Å². The first-order chi connectivity index (χ1) is 8.96. The van der Waals surface area contributed by atoms with Crippen molar-refractivity contribution >= 4 is 29.2 Å². The molecule has 0 saturated heterocycles. The zero-order chi connectivity index (χ0) is 14.0. The Hall–Kier alpha value is -1.59. The number of amides is 1. The Morgan fingerprint density at radius 1 is 1.42 bits per heavy atom. The largest absolute Gasteiger partial charge is 0.465 e. The fourth-order valence-electron chi connectivity index (χ4n) is 1.94. The Balaban J connectivity index is 2.25. The quantitative estimate of drug-likeness (QED) is 0.830. The molecule has 1 amide bonds. The summed E-state index contributed by atoms with van der Waals surface area (Å²) >= 11 is 5.88. The molecule has 0 radical (unpaired) electrons. The molecule has 0 aliphatic heterocycles. The second-order valence-corrected chi connectivity index (χ2v) is 5.08. The van der Waals surface area contributed by atoms with Crippen LogP contribution in [-0.2, 0) is 9.53 Å². The highest BCUT2D eigenvalue weighted by molar-refractivity contribution is 6.31. The summed E-state index contributed by atoms with van der Waals surface area (Å²) in [4.78, 5) is 23.7. The number of nitrogens with one attached hydrogen (secondary N) is 1. The molecule has 1 aromatic carbocycles. The van der Waals surface area contributed by atoms with Crippen LogP contribution in [0.2, 0.25) is 5.02 Å². The molecule has 0 atom stereocenters. The number of methoxy groups -OCH3 is 1. The highest BCUT2D eigenvalue weighted by atomic mass is 35.5. The van der Waals surface area contributed by atoms with Crippen LogP contribution in [0.1, 0.15) is 29.6 Å². The van der Waals surface area contributed by atoms with E-state index in [2.05, 4.69) is 10.1 Å². The van der Waals surface area contributed by atoms with Crippen LogP contribution in [0.5, 0.6) is 0 Å². The highest BCUT2D eigenvalue weighted by Gasteiger charge is 2.40. The van der Waals surface area contributed by atoms with E-state index >= 15 is 0 Å². The molecule has 6 heteroatoms. The average Bonchev–Trinajstić information content (AvgIpc) is 2.35. The summed E-state index contributed by atoms with van der Waals surface area (Å²) in [7, 11) is 1.28. The van der Waals surface area contributed by atoms with Crippen molar-refractivity contribution < 1.29 is 14.3 Å². The zero-order valence-electron chi connectivity index (χ0n) is 10.5. The number of anilines is 1. The van der Waals surface area contributed by atoms with Crippen LogP contribution in [0.3, 0.4) is 0 Å². The van der Waals surface area contributed by atoms with Crippen molar-refractivity contribution in [1.29, 1.82) is 0 Å². The number of hydrogen-bond donors (Lipinski definition) is 2. The van der Waals surface area contributed by atoms with Gasteiger partial charge < -0.3 is 15.8 Å². The van der Waals surface area contributed by atoms with Crippen LogP contribution in [-0.4, -0.2) is 24.5 Å². The number of nitrogens with two attached hydrogens (primary N) is 1. The number of carbonyl (C=O) groups is 2. The molecule has 19 heavy (non-hydrogen) atoms. The molecular formula is C13H15ClN2O3. The maximum atomic E-state index is 12.1. The van der Waals surface area contributed by atoms with Gasteiger partial charge in [-0.25, -0.2) is 4.79 Å². The van der Waals surface area contributed by atoms with Gasteiger partial charge in [-0.1, -0.05) is 11.6 Å². The zero-order valence-corrected chi connectivity index (χ0v) is 11.3. The minimum Gasteiger partial charge on any atom is -0.465 e. The summed E-state index contributed by atoms with van der Waals surface area (Å²) in [5, 5.41) is 3.08. The molecule has 0 bridgehead atoms. The number of hydrogen-bond acceptors (Lipinski definition) is 4. The van der Waals surface area contributed by atoms with Gasteiger partial charge in [0.1, 0.15) is 0 Å². The minimum atomic E-state index is -0.838. The fraction of sp³-hybridized carbons (Fsp3) is 0.385. The van der Waals surface area contributed by atoms with Crippen LogP contribution >= 0.6 is 11.6 Å². The third kappa shape index (κ3) is 2.72. The maximum Gasteiger partial charge on any atom is 0.339 e. The Morgan fingerprint density at radius 3 is 2.63 bits per heavy atom. The predicted octanol–water partition coefficient (Wildman–Crippen LogP) is 1.95. The standard InChI is InChI=1S/C13H15ClN2O3/c1-19-11(17)9-4-3-8(14)7-10(9)16-12(18)13(15)5-2-6-13/h3-4,7H,2,5-6,15H2,1H3,(H,16,18). The molecule has 0 heterocycles. The smallest absolute Gasteiger partial charge is 0.339 e. The summed E-state index contributed by atoms with van der Waals surface area (Å²) in [6.45, 7) is 0. The topological polar surface area (TPSA) is 81.4 Å². The van der Waals surface area contributed by atoms with Crippen LogP contribution in [0, 0.1) is 0 Å². The molecule has 1 fully saturated rings. The van der Waals surface area contributed by atoms with Crippen LogP contribution in [0.4, 0.5) is 5.69 Å². The van der Waals surface area contributed by atoms with E-state index in [-0.39, 0.29) is 11.5 Å². The molecule has 1 aromatic rings. The highest BCUT2D eigenvalue weighted by Crippen LogP contribution is 2.31. The lowest BCUT2D eigenvalue weighted by molar-refractivity contribution is -0.123. The van der Waals surface area contributed by atoms with E-state index in [4.69, 9.17) is 17.3 Å². The molecule has 5 nitrogen and oxygen atoms in total. The fourth-order valence-corrected chi connectivity index (χ4v) is 2.11. The lowest BCUT2D eigenvalue weighted by atomic mass is 9.77. The number of esters is 1. The van der Waals surface area contributed by atoms with Crippen LogP contribution in [0.25, 0.3) is 0 Å². The number of ether oxygens (including phenoxy) is 1. The monoisotopic (exact) mass is 282 g/mol. The molecule has 102 valence electrons. The van der Waals surface area contributed by atoms with E-state index in [1.807, 2.05) is 0 Å². The van der Waals surface area contributed by atoms with Gasteiger partial charge >= 0.3 is 5.97 Å². The lowest BCUT2D eigenvalue weighted by Crippen LogP contribution is -2.56. The van der Waals surface area contributed by atoms with Gasteiger partial charge in [0.25, 0.3) is 0 Å². The molecule has 1 aliphatic rings. The minimum absolute atomic E-state index is 0.253. The molecule has 0 unspecified atom stereocenters. The van der Waals surface area contributed by atoms with E-state index in [1.165, 1.54) is 19.2 Å². The van der Waals surface area contributed by atoms with E-state index < -0.39 is 11.5 Å². The van der Waals surface area contributed by atoms with Gasteiger partial charge in [-0.3, -0.25) is 4.79 Å². The predicted molar refractivity (Wildman–Crippen MR) is 72.2 cm³/mol. The van der Waals surface area contributed by atoms with Gasteiger partial charge in [-0.2, -0.15) is 0 Å². The van der Waals surface area contributed by atoms with E-state index in [0.29, 0.717) is 23.6 Å². The molecule has 0 spiro atoms. The normalized spacial score (nSPS) is 16.4. The number of halogens is 1. The molecule has 3 N–H and O–H groups in total. The summed E-state index contributed by atoms with van der Waals surface area (Å²) in [5.74, 6) is -0.835. The van der Waals surface area contributed by atoms with Gasteiger partial charge in [0.2, 0.25) is 5.91 Å².